The van der Waals surface area contributed by atoms with Gasteiger partial charge in [-0.25, -0.2) is 4.98 Å². The van der Waals surface area contributed by atoms with E-state index in [2.05, 4.69) is 4.98 Å². The Bertz CT molecular complexity index is 277. The number of halogens is 2. The predicted octanol–water partition coefficient (Wildman–Crippen LogP) is 2.36. The average molecular weight is 203 g/mol. The van der Waals surface area contributed by atoms with Crippen molar-refractivity contribution in [3.63, 3.8) is 0 Å². The molecule has 0 unspecified atom stereocenters. The first-order valence-corrected chi connectivity index (χ1v) is 4.17. The van der Waals surface area contributed by atoms with Gasteiger partial charge in [0, 0.05) is 6.54 Å². The van der Waals surface area contributed by atoms with Crippen LogP contribution in [0.1, 0.15) is 5.56 Å². The maximum absolute atomic E-state index is 5.67. The Hall–Kier alpha value is -0.570. The molecule has 0 saturated heterocycles. The largest absolute Gasteiger partial charge is 0.327 e. The van der Waals surface area contributed by atoms with Gasteiger partial charge < -0.3 is 5.73 Å². The number of hydrogen-bond donors (Lipinski definition) is 1. The van der Waals surface area contributed by atoms with Gasteiger partial charge in [0.1, 0.15) is 10.3 Å². The van der Waals surface area contributed by atoms with E-state index in [9.17, 15) is 0 Å². The van der Waals surface area contributed by atoms with Crippen LogP contribution in [0.4, 0.5) is 0 Å². The normalized spacial score (nSPS) is 10.9. The Morgan fingerprint density at radius 1 is 1.33 bits per heavy atom. The van der Waals surface area contributed by atoms with E-state index >= 15 is 0 Å². The molecule has 1 aromatic rings. The van der Waals surface area contributed by atoms with Gasteiger partial charge in [-0.2, -0.15) is 0 Å². The van der Waals surface area contributed by atoms with Gasteiger partial charge in [0.15, 0.2) is 0 Å². The summed E-state index contributed by atoms with van der Waals surface area (Å²) in [5, 5.41) is 0.776. The molecule has 1 rings (SSSR count). The third-order valence-electron chi connectivity index (χ3n) is 1.23. The van der Waals surface area contributed by atoms with Crippen LogP contribution in [0.25, 0.3) is 6.08 Å². The van der Waals surface area contributed by atoms with E-state index < -0.39 is 0 Å². The Morgan fingerprint density at radius 2 is 1.92 bits per heavy atom. The summed E-state index contributed by atoms with van der Waals surface area (Å²) in [6, 6.07) is 3.44. The molecule has 0 aliphatic heterocycles. The lowest BCUT2D eigenvalue weighted by molar-refractivity contribution is 1.26. The highest BCUT2D eigenvalue weighted by molar-refractivity contribution is 6.32. The number of aromatic nitrogens is 1. The first-order chi connectivity index (χ1) is 5.72. The molecule has 0 bridgehead atoms. The smallest absolute Gasteiger partial charge is 0.131 e. The minimum absolute atomic E-state index is 0.388. The van der Waals surface area contributed by atoms with Crippen LogP contribution in [0.5, 0.6) is 0 Å². The van der Waals surface area contributed by atoms with Crippen molar-refractivity contribution in [1.29, 1.82) is 0 Å². The highest BCUT2D eigenvalue weighted by atomic mass is 35.5. The molecule has 0 aliphatic carbocycles. The Balaban J connectivity index is 2.93. The third-order valence-corrected chi connectivity index (χ3v) is 1.62. The quantitative estimate of drug-likeness (QED) is 0.749. The van der Waals surface area contributed by atoms with Gasteiger partial charge in [0.05, 0.1) is 0 Å². The zero-order valence-corrected chi connectivity index (χ0v) is 7.81. The molecule has 0 aromatic carbocycles. The van der Waals surface area contributed by atoms with Crippen molar-refractivity contribution in [2.75, 3.05) is 6.54 Å². The molecule has 0 fully saturated rings. The molecule has 2 N–H and O–H groups in total. The van der Waals surface area contributed by atoms with Gasteiger partial charge in [-0.3, -0.25) is 0 Å². The second-order valence-corrected chi connectivity index (χ2v) is 2.96. The minimum atomic E-state index is 0.388. The standard InChI is InChI=1S/C8H8Cl2N2/c9-7-4-6(2-1-3-11)5-8(10)12-7/h1-2,4-5H,3,11H2. The van der Waals surface area contributed by atoms with Crippen LogP contribution in [0.15, 0.2) is 18.2 Å². The van der Waals surface area contributed by atoms with Gasteiger partial charge in [-0.15, -0.1) is 0 Å². The summed E-state index contributed by atoms with van der Waals surface area (Å²) in [7, 11) is 0. The van der Waals surface area contributed by atoms with Gasteiger partial charge in [-0.05, 0) is 17.7 Å². The SMILES string of the molecule is NCC=Cc1cc(Cl)nc(Cl)c1. The molecule has 4 heteroatoms. The molecule has 0 atom stereocenters. The van der Waals surface area contributed by atoms with Gasteiger partial charge in [-0.1, -0.05) is 35.4 Å². The van der Waals surface area contributed by atoms with E-state index in [0.717, 1.165) is 5.56 Å². The highest BCUT2D eigenvalue weighted by Crippen LogP contribution is 2.15. The van der Waals surface area contributed by atoms with Crippen molar-refractivity contribution in [2.45, 2.75) is 0 Å². The second kappa shape index (κ2) is 4.45. The van der Waals surface area contributed by atoms with Crippen molar-refractivity contribution in [1.82, 2.24) is 4.98 Å². The molecule has 2 nitrogen and oxygen atoms in total. The molecule has 0 amide bonds. The number of rotatable bonds is 2. The number of hydrogen-bond acceptors (Lipinski definition) is 2. The lowest BCUT2D eigenvalue weighted by atomic mass is 10.2. The topological polar surface area (TPSA) is 38.9 Å². The molecular formula is C8H8Cl2N2. The zero-order valence-electron chi connectivity index (χ0n) is 6.30. The van der Waals surface area contributed by atoms with E-state index in [0.29, 0.717) is 16.9 Å². The lowest BCUT2D eigenvalue weighted by Gasteiger charge is -1.95. The first-order valence-electron chi connectivity index (χ1n) is 3.42. The Morgan fingerprint density at radius 3 is 2.42 bits per heavy atom. The van der Waals surface area contributed by atoms with Crippen molar-refractivity contribution in [3.8, 4) is 0 Å². The van der Waals surface area contributed by atoms with E-state index in [1.165, 1.54) is 0 Å². The van der Waals surface area contributed by atoms with Crippen molar-refractivity contribution in [2.24, 2.45) is 5.73 Å². The predicted molar refractivity (Wildman–Crippen MR) is 52.3 cm³/mol. The van der Waals surface area contributed by atoms with Gasteiger partial charge >= 0.3 is 0 Å². The molecule has 0 saturated carbocycles. The molecule has 1 heterocycles. The van der Waals surface area contributed by atoms with E-state index in [-0.39, 0.29) is 0 Å². The van der Waals surface area contributed by atoms with Crippen molar-refractivity contribution >= 4 is 29.3 Å². The van der Waals surface area contributed by atoms with E-state index in [4.69, 9.17) is 28.9 Å². The van der Waals surface area contributed by atoms with Gasteiger partial charge in [0.25, 0.3) is 0 Å². The summed E-state index contributed by atoms with van der Waals surface area (Å²) < 4.78 is 0. The Labute approximate surface area is 81.0 Å². The van der Waals surface area contributed by atoms with Crippen LogP contribution >= 0.6 is 23.2 Å². The fourth-order valence-corrected chi connectivity index (χ4v) is 1.26. The summed E-state index contributed by atoms with van der Waals surface area (Å²) in [5.41, 5.74) is 6.19. The summed E-state index contributed by atoms with van der Waals surface area (Å²) >= 11 is 11.3. The summed E-state index contributed by atoms with van der Waals surface area (Å²) in [4.78, 5) is 3.81. The molecule has 64 valence electrons. The fourth-order valence-electron chi connectivity index (χ4n) is 0.784. The monoisotopic (exact) mass is 202 g/mol. The maximum atomic E-state index is 5.67. The van der Waals surface area contributed by atoms with Crippen molar-refractivity contribution in [3.05, 3.63) is 34.1 Å². The lowest BCUT2D eigenvalue weighted by Crippen LogP contribution is -1.92. The molecule has 1 aromatic heterocycles. The molecule has 0 radical (unpaired) electrons. The fraction of sp³-hybridized carbons (Fsp3) is 0.125. The zero-order chi connectivity index (χ0) is 8.97. The number of pyridine rings is 1. The van der Waals surface area contributed by atoms with Crippen LogP contribution in [-0.2, 0) is 0 Å². The molecule has 12 heavy (non-hydrogen) atoms. The van der Waals surface area contributed by atoms with Gasteiger partial charge in [0.2, 0.25) is 0 Å². The molecule has 0 aliphatic rings. The van der Waals surface area contributed by atoms with Crippen LogP contribution in [-0.4, -0.2) is 11.5 Å². The van der Waals surface area contributed by atoms with E-state index in [1.807, 2.05) is 12.2 Å². The summed E-state index contributed by atoms with van der Waals surface area (Å²) in [6.45, 7) is 0.498. The molecular weight excluding hydrogens is 195 g/mol. The van der Waals surface area contributed by atoms with Crippen LogP contribution in [0.2, 0.25) is 10.3 Å². The first kappa shape index (κ1) is 9.52. The maximum Gasteiger partial charge on any atom is 0.131 e. The molecule has 0 spiro atoms. The third kappa shape index (κ3) is 2.81. The number of nitrogens with two attached hydrogens (primary N) is 1. The Kier molecular flexibility index (Phi) is 3.53. The van der Waals surface area contributed by atoms with Crippen LogP contribution in [0, 0.1) is 0 Å². The van der Waals surface area contributed by atoms with Crippen LogP contribution < -0.4 is 5.73 Å². The van der Waals surface area contributed by atoms with Crippen molar-refractivity contribution < 1.29 is 0 Å². The van der Waals surface area contributed by atoms with Crippen LogP contribution in [0.3, 0.4) is 0 Å². The summed E-state index contributed by atoms with van der Waals surface area (Å²) in [5.74, 6) is 0. The highest BCUT2D eigenvalue weighted by Gasteiger charge is 1.95. The second-order valence-electron chi connectivity index (χ2n) is 2.18. The average Bonchev–Trinajstić information content (AvgIpc) is 1.99. The minimum Gasteiger partial charge on any atom is -0.327 e. The number of nitrogens with zero attached hydrogens (tertiary/aromatic N) is 1. The van der Waals surface area contributed by atoms with E-state index in [1.54, 1.807) is 12.1 Å². The summed E-state index contributed by atoms with van der Waals surface area (Å²) in [6.07, 6.45) is 3.67.